The zero-order valence-electron chi connectivity index (χ0n) is 13.3. The van der Waals surface area contributed by atoms with E-state index in [1.807, 2.05) is 38.2 Å². The minimum Gasteiger partial charge on any atom is -0.466 e. The van der Waals surface area contributed by atoms with Crippen LogP contribution >= 0.6 is 0 Å². The number of pyridine rings is 1. The van der Waals surface area contributed by atoms with Crippen molar-refractivity contribution in [3.05, 3.63) is 59.3 Å². The van der Waals surface area contributed by atoms with Crippen LogP contribution in [0.4, 0.5) is 0 Å². The molecule has 0 bridgehead atoms. The maximum Gasteiger partial charge on any atom is 0.255 e. The minimum absolute atomic E-state index is 0.153. The highest BCUT2D eigenvalue weighted by Gasteiger charge is 2.14. The van der Waals surface area contributed by atoms with E-state index in [9.17, 15) is 4.79 Å². The number of amides is 1. The van der Waals surface area contributed by atoms with Crippen LogP contribution in [0.3, 0.4) is 0 Å². The monoisotopic (exact) mass is 310 g/mol. The van der Waals surface area contributed by atoms with Crippen LogP contribution in [-0.2, 0) is 13.6 Å². The average Bonchev–Trinajstić information content (AvgIpc) is 3.08. The molecule has 0 saturated carbocycles. The van der Waals surface area contributed by atoms with Crippen molar-refractivity contribution < 1.29 is 9.21 Å². The molecule has 3 aromatic heterocycles. The van der Waals surface area contributed by atoms with Gasteiger partial charge in [0, 0.05) is 13.2 Å². The Morgan fingerprint density at radius 2 is 2.09 bits per heavy atom. The van der Waals surface area contributed by atoms with Crippen molar-refractivity contribution in [1.82, 2.24) is 20.1 Å². The number of rotatable bonds is 4. The third-order valence-corrected chi connectivity index (χ3v) is 3.62. The first-order valence-corrected chi connectivity index (χ1v) is 7.34. The predicted octanol–water partition coefficient (Wildman–Crippen LogP) is 2.62. The molecule has 0 spiro atoms. The van der Waals surface area contributed by atoms with Crippen molar-refractivity contribution >= 4 is 5.91 Å². The van der Waals surface area contributed by atoms with Gasteiger partial charge in [-0.2, -0.15) is 5.10 Å². The Bertz CT molecular complexity index is 834. The largest absolute Gasteiger partial charge is 0.466 e. The van der Waals surface area contributed by atoms with E-state index in [1.54, 1.807) is 23.9 Å². The quantitative estimate of drug-likeness (QED) is 0.804. The maximum atomic E-state index is 12.2. The Balaban J connectivity index is 1.73. The summed E-state index contributed by atoms with van der Waals surface area (Å²) < 4.78 is 7.13. The number of aryl methyl sites for hydroxylation is 3. The van der Waals surface area contributed by atoms with Crippen molar-refractivity contribution in [3.8, 4) is 11.4 Å². The number of nitrogens with zero attached hydrogens (tertiary/aromatic N) is 3. The number of aromatic nitrogens is 3. The molecule has 1 N–H and O–H groups in total. The van der Waals surface area contributed by atoms with Gasteiger partial charge >= 0.3 is 0 Å². The van der Waals surface area contributed by atoms with Gasteiger partial charge in [0.1, 0.15) is 17.2 Å². The van der Waals surface area contributed by atoms with E-state index in [1.165, 1.54) is 0 Å². The summed E-state index contributed by atoms with van der Waals surface area (Å²) in [5.74, 6) is 1.20. The summed E-state index contributed by atoms with van der Waals surface area (Å²) in [5.41, 5.74) is 3.06. The molecule has 118 valence electrons. The van der Waals surface area contributed by atoms with Gasteiger partial charge in [0.2, 0.25) is 0 Å². The first-order chi connectivity index (χ1) is 11.0. The van der Waals surface area contributed by atoms with Crippen molar-refractivity contribution in [2.24, 2.45) is 7.05 Å². The highest BCUT2D eigenvalue weighted by Crippen LogP contribution is 2.17. The summed E-state index contributed by atoms with van der Waals surface area (Å²) in [7, 11) is 1.85. The SMILES string of the molecule is Cc1cc(C(=O)NCc2cc(-c3ccccn3)nn2C)c(C)o1. The third kappa shape index (κ3) is 3.15. The third-order valence-electron chi connectivity index (χ3n) is 3.62. The fourth-order valence-electron chi connectivity index (χ4n) is 2.43. The van der Waals surface area contributed by atoms with Gasteiger partial charge in [0.25, 0.3) is 5.91 Å². The number of hydrogen-bond donors (Lipinski definition) is 1. The lowest BCUT2D eigenvalue weighted by atomic mass is 10.2. The average molecular weight is 310 g/mol. The summed E-state index contributed by atoms with van der Waals surface area (Å²) in [6.07, 6.45) is 1.73. The fraction of sp³-hybridized carbons (Fsp3) is 0.235. The van der Waals surface area contributed by atoms with E-state index in [0.29, 0.717) is 17.9 Å². The highest BCUT2D eigenvalue weighted by molar-refractivity contribution is 5.95. The molecule has 0 saturated heterocycles. The van der Waals surface area contributed by atoms with E-state index in [2.05, 4.69) is 15.4 Å². The van der Waals surface area contributed by atoms with Gasteiger partial charge < -0.3 is 9.73 Å². The van der Waals surface area contributed by atoms with Gasteiger partial charge in [0.15, 0.2) is 0 Å². The Kier molecular flexibility index (Phi) is 3.97. The minimum atomic E-state index is -0.153. The standard InChI is InChI=1S/C17H18N4O2/c1-11-8-14(12(2)23-11)17(22)19-10-13-9-16(20-21(13)3)15-6-4-5-7-18-15/h4-9H,10H2,1-3H3,(H,19,22). The maximum absolute atomic E-state index is 12.2. The molecular formula is C17H18N4O2. The van der Waals surface area contributed by atoms with E-state index < -0.39 is 0 Å². The Morgan fingerprint density at radius 1 is 1.26 bits per heavy atom. The molecule has 0 aromatic carbocycles. The molecule has 3 rings (SSSR count). The number of carbonyl (C=O) groups is 1. The lowest BCUT2D eigenvalue weighted by molar-refractivity contribution is 0.0948. The van der Waals surface area contributed by atoms with Gasteiger partial charge in [-0.05, 0) is 38.1 Å². The predicted molar refractivity (Wildman–Crippen MR) is 85.8 cm³/mol. The second kappa shape index (κ2) is 6.08. The Hall–Kier alpha value is -2.89. The molecule has 0 atom stereocenters. The highest BCUT2D eigenvalue weighted by atomic mass is 16.3. The Morgan fingerprint density at radius 3 is 2.74 bits per heavy atom. The van der Waals surface area contributed by atoms with Crippen LogP contribution < -0.4 is 5.32 Å². The summed E-state index contributed by atoms with van der Waals surface area (Å²) in [4.78, 5) is 16.5. The molecule has 23 heavy (non-hydrogen) atoms. The lowest BCUT2D eigenvalue weighted by Gasteiger charge is -2.04. The van der Waals surface area contributed by atoms with Crippen LogP contribution in [0.1, 0.15) is 27.6 Å². The summed E-state index contributed by atoms with van der Waals surface area (Å²) in [6, 6.07) is 9.36. The van der Waals surface area contributed by atoms with Crippen LogP contribution in [0.15, 0.2) is 40.9 Å². The number of hydrogen-bond acceptors (Lipinski definition) is 4. The molecule has 0 unspecified atom stereocenters. The molecule has 6 nitrogen and oxygen atoms in total. The molecule has 3 heterocycles. The number of nitrogens with one attached hydrogen (secondary N) is 1. The van der Waals surface area contributed by atoms with Gasteiger partial charge in [-0.3, -0.25) is 14.5 Å². The number of carbonyl (C=O) groups excluding carboxylic acids is 1. The molecule has 0 aliphatic carbocycles. The zero-order valence-corrected chi connectivity index (χ0v) is 13.3. The van der Waals surface area contributed by atoms with Gasteiger partial charge in [0.05, 0.1) is 23.5 Å². The van der Waals surface area contributed by atoms with Crippen LogP contribution in [0.25, 0.3) is 11.4 Å². The molecule has 0 aliphatic heterocycles. The van der Waals surface area contributed by atoms with Crippen molar-refractivity contribution in [3.63, 3.8) is 0 Å². The summed E-state index contributed by atoms with van der Waals surface area (Å²) >= 11 is 0. The van der Waals surface area contributed by atoms with E-state index in [4.69, 9.17) is 4.42 Å². The van der Waals surface area contributed by atoms with E-state index in [0.717, 1.165) is 22.8 Å². The lowest BCUT2D eigenvalue weighted by Crippen LogP contribution is -2.24. The first kappa shape index (κ1) is 15.0. The zero-order chi connectivity index (χ0) is 16.4. The van der Waals surface area contributed by atoms with E-state index >= 15 is 0 Å². The van der Waals surface area contributed by atoms with Crippen LogP contribution in [0.2, 0.25) is 0 Å². The van der Waals surface area contributed by atoms with Crippen molar-refractivity contribution in [2.45, 2.75) is 20.4 Å². The van der Waals surface area contributed by atoms with E-state index in [-0.39, 0.29) is 5.91 Å². The van der Waals surface area contributed by atoms with Gasteiger partial charge in [-0.1, -0.05) is 6.07 Å². The normalized spacial score (nSPS) is 10.7. The van der Waals surface area contributed by atoms with Crippen LogP contribution in [-0.4, -0.2) is 20.7 Å². The number of furan rings is 1. The smallest absolute Gasteiger partial charge is 0.255 e. The molecule has 3 aromatic rings. The molecule has 6 heteroatoms. The molecule has 0 aliphatic rings. The Labute approximate surface area is 134 Å². The topological polar surface area (TPSA) is 73.0 Å². The van der Waals surface area contributed by atoms with Gasteiger partial charge in [-0.25, -0.2) is 0 Å². The molecule has 0 fully saturated rings. The molecule has 1 amide bonds. The van der Waals surface area contributed by atoms with Crippen LogP contribution in [0.5, 0.6) is 0 Å². The fourth-order valence-corrected chi connectivity index (χ4v) is 2.43. The van der Waals surface area contributed by atoms with Gasteiger partial charge in [-0.15, -0.1) is 0 Å². The molecular weight excluding hydrogens is 292 g/mol. The van der Waals surface area contributed by atoms with Crippen molar-refractivity contribution in [1.29, 1.82) is 0 Å². The van der Waals surface area contributed by atoms with Crippen molar-refractivity contribution in [2.75, 3.05) is 0 Å². The summed E-state index contributed by atoms with van der Waals surface area (Å²) in [6.45, 7) is 3.99. The second-order valence-corrected chi connectivity index (χ2v) is 5.37. The molecule has 0 radical (unpaired) electrons. The van der Waals surface area contributed by atoms with Crippen LogP contribution in [0, 0.1) is 13.8 Å². The first-order valence-electron chi connectivity index (χ1n) is 7.34. The second-order valence-electron chi connectivity index (χ2n) is 5.37. The summed E-state index contributed by atoms with van der Waals surface area (Å²) in [5, 5.41) is 7.33.